The van der Waals surface area contributed by atoms with Crippen molar-refractivity contribution in [2.45, 2.75) is 49.4 Å². The molecule has 0 aromatic rings. The number of carbonyl (C=O) groups excluding carboxylic acids is 3. The minimum Gasteiger partial charge on any atom is -0.467 e. The van der Waals surface area contributed by atoms with Crippen LogP contribution in [0.1, 0.15) is 32.1 Å². The molecule has 31 heavy (non-hydrogen) atoms. The van der Waals surface area contributed by atoms with Crippen LogP contribution in [0.4, 0.5) is 4.79 Å². The molecule has 0 aromatic heterocycles. The Morgan fingerprint density at radius 3 is 2.55 bits per heavy atom. The van der Waals surface area contributed by atoms with E-state index in [4.69, 9.17) is 14.2 Å². The van der Waals surface area contributed by atoms with Crippen LogP contribution in [0.15, 0.2) is 0 Å². The van der Waals surface area contributed by atoms with Crippen LogP contribution in [-0.4, -0.2) is 94.3 Å². The molecule has 0 unspecified atom stereocenters. The summed E-state index contributed by atoms with van der Waals surface area (Å²) in [6.07, 6.45) is 4.15. The molecular weight excluding hydrogens is 426 g/mol. The second-order valence-corrected chi connectivity index (χ2v) is 8.70. The maximum absolute atomic E-state index is 11.9. The molecule has 2 aliphatic rings. The topological polar surface area (TPSA) is 124 Å². The van der Waals surface area contributed by atoms with Gasteiger partial charge in [0.2, 0.25) is 5.91 Å². The summed E-state index contributed by atoms with van der Waals surface area (Å²) < 4.78 is 20.3. The van der Waals surface area contributed by atoms with Gasteiger partial charge in [0.1, 0.15) is 6.61 Å². The van der Waals surface area contributed by atoms with E-state index in [0.29, 0.717) is 51.2 Å². The largest absolute Gasteiger partial charge is 0.467 e. The number of unbranched alkanes of at least 4 members (excludes halogenated alkanes) is 1. The maximum atomic E-state index is 11.9. The molecule has 2 fully saturated rings. The van der Waals surface area contributed by atoms with Gasteiger partial charge in [0.15, 0.2) is 0 Å². The fourth-order valence-corrected chi connectivity index (χ4v) is 4.96. The van der Waals surface area contributed by atoms with Gasteiger partial charge in [-0.15, -0.1) is 0 Å². The average Bonchev–Trinajstić information content (AvgIpc) is 3.31. The summed E-state index contributed by atoms with van der Waals surface area (Å²) in [4.78, 5) is 34.1. The third-order valence-corrected chi connectivity index (χ3v) is 6.57. The number of esters is 1. The van der Waals surface area contributed by atoms with Crippen molar-refractivity contribution < 1.29 is 33.3 Å². The number of nitrogens with one attached hydrogen (secondary N) is 3. The second-order valence-electron chi connectivity index (χ2n) is 7.42. The minimum absolute atomic E-state index is 0.0572. The van der Waals surface area contributed by atoms with Gasteiger partial charge in [-0.1, -0.05) is 6.42 Å². The van der Waals surface area contributed by atoms with Crippen LogP contribution < -0.4 is 16.0 Å². The Bertz CT molecular complexity index is 567. The first-order chi connectivity index (χ1) is 15.1. The van der Waals surface area contributed by atoms with Gasteiger partial charge < -0.3 is 34.9 Å². The van der Waals surface area contributed by atoms with Gasteiger partial charge >= 0.3 is 12.0 Å². The lowest BCUT2D eigenvalue weighted by Gasteiger charge is -2.16. The first kappa shape index (κ1) is 25.7. The summed E-state index contributed by atoms with van der Waals surface area (Å²) in [5, 5.41) is 9.30. The summed E-state index contributed by atoms with van der Waals surface area (Å²) in [5.74, 6) is 0.631. The quantitative estimate of drug-likeness (QED) is 0.162. The predicted octanol–water partition coefficient (Wildman–Crippen LogP) is 0.441. The third-order valence-electron chi connectivity index (χ3n) is 5.06. The minimum atomic E-state index is -0.408. The van der Waals surface area contributed by atoms with Crippen molar-refractivity contribution in [3.8, 4) is 0 Å². The van der Waals surface area contributed by atoms with E-state index in [2.05, 4.69) is 20.7 Å². The Labute approximate surface area is 187 Å². The molecule has 0 radical (unpaired) electrons. The molecule has 178 valence electrons. The smallest absolute Gasteiger partial charge is 0.331 e. The zero-order valence-electron chi connectivity index (χ0n) is 18.2. The van der Waals surface area contributed by atoms with E-state index >= 15 is 0 Å². The zero-order chi connectivity index (χ0) is 22.3. The molecule has 2 aliphatic heterocycles. The molecule has 0 aliphatic carbocycles. The van der Waals surface area contributed by atoms with Crippen LogP contribution >= 0.6 is 11.8 Å². The molecule has 10 nitrogen and oxygen atoms in total. The van der Waals surface area contributed by atoms with Crippen LogP contribution in [0.25, 0.3) is 0 Å². The van der Waals surface area contributed by atoms with Crippen molar-refractivity contribution in [1.29, 1.82) is 0 Å². The summed E-state index contributed by atoms with van der Waals surface area (Å²) in [5.41, 5.74) is 0. The molecule has 2 saturated heterocycles. The van der Waals surface area contributed by atoms with Crippen molar-refractivity contribution >= 4 is 29.7 Å². The fraction of sp³-hybridized carbons (Fsp3) is 0.850. The van der Waals surface area contributed by atoms with E-state index in [1.165, 1.54) is 7.11 Å². The first-order valence-corrected chi connectivity index (χ1v) is 11.9. The van der Waals surface area contributed by atoms with E-state index in [0.717, 1.165) is 31.4 Å². The summed E-state index contributed by atoms with van der Waals surface area (Å²) in [7, 11) is 1.31. The Hall–Kier alpha value is -1.56. The standard InChI is InChI=1S/C20H35N3O7S/c1-27-18(25)13-30-12-11-29-10-9-28-8-4-7-21-17(24)6-3-2-5-16-19-15(14-31-16)22-20(26)23-19/h15-16,19H,2-14H2,1H3,(H,21,24)(H2,22,23,26)/t15-,16-,19-/m0/s1. The van der Waals surface area contributed by atoms with Gasteiger partial charge in [0.25, 0.3) is 0 Å². The van der Waals surface area contributed by atoms with E-state index in [1.54, 1.807) is 0 Å². The molecule has 0 saturated carbocycles. The molecule has 3 N–H and O–H groups in total. The lowest BCUT2D eigenvalue weighted by Crippen LogP contribution is -2.36. The number of amides is 3. The Morgan fingerprint density at radius 2 is 1.77 bits per heavy atom. The Kier molecular flexibility index (Phi) is 12.7. The third kappa shape index (κ3) is 10.5. The summed E-state index contributed by atoms with van der Waals surface area (Å²) in [6, 6.07) is 0.432. The van der Waals surface area contributed by atoms with Gasteiger partial charge in [-0.3, -0.25) is 4.79 Å². The number of rotatable bonds is 17. The molecule has 0 bridgehead atoms. The number of fused-ring (bicyclic) bond motifs is 1. The molecular formula is C20H35N3O7S. The van der Waals surface area contributed by atoms with Crippen molar-refractivity contribution in [2.75, 3.05) is 59.0 Å². The highest BCUT2D eigenvalue weighted by atomic mass is 32.2. The van der Waals surface area contributed by atoms with Crippen LogP contribution in [0.5, 0.6) is 0 Å². The van der Waals surface area contributed by atoms with E-state index in [1.807, 2.05) is 11.8 Å². The Morgan fingerprint density at radius 1 is 1.03 bits per heavy atom. The van der Waals surface area contributed by atoms with Crippen molar-refractivity contribution in [2.24, 2.45) is 0 Å². The number of urea groups is 1. The average molecular weight is 462 g/mol. The molecule has 0 aromatic carbocycles. The first-order valence-electron chi connectivity index (χ1n) is 10.9. The van der Waals surface area contributed by atoms with Gasteiger partial charge in [-0.05, 0) is 19.3 Å². The van der Waals surface area contributed by atoms with Gasteiger partial charge in [-0.2, -0.15) is 11.8 Å². The van der Waals surface area contributed by atoms with Crippen LogP contribution in [0, 0.1) is 0 Å². The zero-order valence-corrected chi connectivity index (χ0v) is 19.0. The van der Waals surface area contributed by atoms with E-state index in [-0.39, 0.29) is 30.6 Å². The lowest BCUT2D eigenvalue weighted by molar-refractivity contribution is -0.146. The van der Waals surface area contributed by atoms with Crippen molar-refractivity contribution in [1.82, 2.24) is 16.0 Å². The fourth-order valence-electron chi connectivity index (χ4n) is 3.42. The van der Waals surface area contributed by atoms with Crippen molar-refractivity contribution in [3.05, 3.63) is 0 Å². The Balaban J connectivity index is 1.31. The number of hydrogen-bond donors (Lipinski definition) is 3. The molecule has 3 atom stereocenters. The van der Waals surface area contributed by atoms with Gasteiger partial charge in [0, 0.05) is 30.6 Å². The number of carbonyl (C=O) groups is 3. The highest BCUT2D eigenvalue weighted by Gasteiger charge is 2.42. The van der Waals surface area contributed by atoms with Crippen LogP contribution in [0.3, 0.4) is 0 Å². The van der Waals surface area contributed by atoms with E-state index < -0.39 is 5.97 Å². The van der Waals surface area contributed by atoms with Gasteiger partial charge in [0.05, 0.1) is 45.6 Å². The lowest BCUT2D eigenvalue weighted by atomic mass is 10.0. The SMILES string of the molecule is COC(=O)COCCOCCOCCCNC(=O)CCCC[C@@H]1SC[C@@H]2NC(=O)N[C@@H]21. The van der Waals surface area contributed by atoms with Crippen LogP contribution in [-0.2, 0) is 28.5 Å². The number of hydrogen-bond acceptors (Lipinski definition) is 8. The second kappa shape index (κ2) is 15.3. The molecule has 2 heterocycles. The van der Waals surface area contributed by atoms with Crippen LogP contribution in [0.2, 0.25) is 0 Å². The van der Waals surface area contributed by atoms with E-state index in [9.17, 15) is 14.4 Å². The molecule has 0 spiro atoms. The van der Waals surface area contributed by atoms with Crippen molar-refractivity contribution in [3.63, 3.8) is 0 Å². The molecule has 11 heteroatoms. The highest BCUT2D eigenvalue weighted by Crippen LogP contribution is 2.33. The summed E-state index contributed by atoms with van der Waals surface area (Å²) >= 11 is 1.90. The highest BCUT2D eigenvalue weighted by molar-refractivity contribution is 8.00. The van der Waals surface area contributed by atoms with Gasteiger partial charge in [-0.25, -0.2) is 9.59 Å². The maximum Gasteiger partial charge on any atom is 0.331 e. The monoisotopic (exact) mass is 461 g/mol. The molecule has 3 amide bonds. The normalized spacial score (nSPS) is 22.0. The number of thioether (sulfide) groups is 1. The number of ether oxygens (including phenoxy) is 4. The predicted molar refractivity (Wildman–Crippen MR) is 116 cm³/mol. The summed E-state index contributed by atoms with van der Waals surface area (Å²) in [6.45, 7) is 2.74. The molecule has 2 rings (SSSR count). The number of methoxy groups -OCH3 is 1.